The Balaban J connectivity index is 1.73. The van der Waals surface area contributed by atoms with Crippen LogP contribution in [0.3, 0.4) is 0 Å². The Morgan fingerprint density at radius 2 is 1.56 bits per heavy atom. The van der Waals surface area contributed by atoms with E-state index in [4.69, 9.17) is 14.2 Å². The fourth-order valence-corrected chi connectivity index (χ4v) is 8.98. The van der Waals surface area contributed by atoms with E-state index in [1.54, 1.807) is 13.8 Å². The number of hydrogen-bond donors (Lipinski definition) is 1. The zero-order valence-corrected chi connectivity index (χ0v) is 28.1. The molecule has 0 radical (unpaired) electrons. The zero-order valence-electron chi connectivity index (χ0n) is 28.1. The lowest BCUT2D eigenvalue weighted by molar-refractivity contribution is -0.285. The number of aliphatic hydroxyl groups excluding tert-OH is 1. The molecule has 0 aromatic rings. The van der Waals surface area contributed by atoms with E-state index in [1.165, 1.54) is 0 Å². The van der Waals surface area contributed by atoms with Crippen LogP contribution in [0.15, 0.2) is 0 Å². The standard InChI is InChI=1S/C34H55NO8/c1-12-23-34(8,9)25-21(14-20-24(25)28(20)38)26(36)16(2)15-33(6,7)30(18(4)27(37)19(5)31(40)42-23)43-32-29(39)22(35(10)11)13-17(3)41-32/h16-25,29-30,32,39H,12-15H2,1-11H3/t16-,17-,18+,19-,20-,21?,22+,23-,24-,25?,29-,30-,32+/m1/s1. The Bertz CT molecular complexity index is 1100. The molecule has 2 saturated heterocycles. The van der Waals surface area contributed by atoms with Gasteiger partial charge in [0.25, 0.3) is 0 Å². The van der Waals surface area contributed by atoms with Crippen LogP contribution in [0, 0.1) is 52.3 Å². The van der Waals surface area contributed by atoms with E-state index in [2.05, 4.69) is 0 Å². The van der Waals surface area contributed by atoms with Crippen LogP contribution in [-0.4, -0.2) is 84.2 Å². The summed E-state index contributed by atoms with van der Waals surface area (Å²) in [5.74, 6) is -3.54. The summed E-state index contributed by atoms with van der Waals surface area (Å²) in [6, 6.07) is -0.196. The van der Waals surface area contributed by atoms with Crippen LogP contribution < -0.4 is 0 Å². The van der Waals surface area contributed by atoms with Crippen molar-refractivity contribution in [3.63, 3.8) is 0 Å². The summed E-state index contributed by atoms with van der Waals surface area (Å²) >= 11 is 0. The number of fused-ring (bicyclic) bond motifs is 3. The van der Waals surface area contributed by atoms with Gasteiger partial charge in [0.05, 0.1) is 12.2 Å². The Labute approximate surface area is 257 Å². The van der Waals surface area contributed by atoms with Crippen molar-refractivity contribution in [1.29, 1.82) is 0 Å². The Morgan fingerprint density at radius 1 is 0.930 bits per heavy atom. The Kier molecular flexibility index (Phi) is 9.75. The van der Waals surface area contributed by atoms with Gasteiger partial charge in [0, 0.05) is 41.0 Å². The largest absolute Gasteiger partial charge is 0.461 e. The second kappa shape index (κ2) is 12.3. The van der Waals surface area contributed by atoms with Crippen molar-refractivity contribution in [2.45, 2.75) is 125 Å². The number of aliphatic hydroxyl groups is 1. The van der Waals surface area contributed by atoms with E-state index in [9.17, 15) is 24.3 Å². The fourth-order valence-electron chi connectivity index (χ4n) is 8.98. The Hall–Kier alpha value is -1.68. The molecular formula is C34H55NO8. The molecular weight excluding hydrogens is 550 g/mol. The van der Waals surface area contributed by atoms with E-state index in [0.29, 0.717) is 25.7 Å². The summed E-state index contributed by atoms with van der Waals surface area (Å²) in [7, 11) is 3.81. The molecule has 4 rings (SSSR count). The number of esters is 1. The van der Waals surface area contributed by atoms with Crippen molar-refractivity contribution in [3.05, 3.63) is 0 Å². The van der Waals surface area contributed by atoms with E-state index < -0.39 is 53.2 Å². The molecule has 9 nitrogen and oxygen atoms in total. The van der Waals surface area contributed by atoms with E-state index in [1.807, 2.05) is 67.5 Å². The minimum atomic E-state index is -1.04. The molecule has 13 atom stereocenters. The smallest absolute Gasteiger partial charge is 0.316 e. The SMILES string of the molecule is CC[C@H]1OC(=O)[C@H](C)C(=O)[C@H](C)[C@@H](O[C@@H]2O[C@H](C)C[C@H](N(C)C)[C@H]2O)C(C)(C)C[C@@H](C)C(=O)C2C[C@H]3C(=O)[C@H]3C2C1(C)C. The molecule has 43 heavy (non-hydrogen) atoms. The Morgan fingerprint density at radius 3 is 2.14 bits per heavy atom. The third kappa shape index (κ3) is 6.25. The predicted molar refractivity (Wildman–Crippen MR) is 161 cm³/mol. The highest BCUT2D eigenvalue weighted by Gasteiger charge is 2.68. The number of ketones is 3. The van der Waals surface area contributed by atoms with E-state index in [0.717, 1.165) is 0 Å². The molecule has 2 saturated carbocycles. The van der Waals surface area contributed by atoms with Crippen LogP contribution in [0.1, 0.15) is 88.0 Å². The van der Waals surface area contributed by atoms with Gasteiger partial charge >= 0.3 is 5.97 Å². The number of carbonyl (C=O) groups excluding carboxylic acids is 4. The average Bonchev–Trinajstić information content (AvgIpc) is 3.34. The zero-order chi connectivity index (χ0) is 32.3. The summed E-state index contributed by atoms with van der Waals surface area (Å²) in [4.78, 5) is 56.4. The van der Waals surface area contributed by atoms with Crippen LogP contribution in [0.4, 0.5) is 0 Å². The molecule has 0 aromatic heterocycles. The van der Waals surface area contributed by atoms with Crippen LogP contribution in [0.2, 0.25) is 0 Å². The maximum Gasteiger partial charge on any atom is 0.316 e. The lowest BCUT2D eigenvalue weighted by Gasteiger charge is -2.47. The van der Waals surface area contributed by atoms with Gasteiger partial charge in [-0.3, -0.25) is 19.2 Å². The first-order valence-electron chi connectivity index (χ1n) is 16.3. The minimum absolute atomic E-state index is 0.101. The molecule has 2 unspecified atom stereocenters. The average molecular weight is 606 g/mol. The lowest BCUT2D eigenvalue weighted by atomic mass is 9.63. The summed E-state index contributed by atoms with van der Waals surface area (Å²) in [5, 5.41) is 11.3. The number of likely N-dealkylation sites (N-methyl/N-ethyl adjacent to an activating group) is 1. The van der Waals surface area contributed by atoms with Gasteiger partial charge in [-0.05, 0) is 65.0 Å². The third-order valence-electron chi connectivity index (χ3n) is 11.4. The summed E-state index contributed by atoms with van der Waals surface area (Å²) in [6.45, 7) is 17.1. The highest BCUT2D eigenvalue weighted by molar-refractivity contribution is 6.03. The highest BCUT2D eigenvalue weighted by atomic mass is 16.7. The first kappa shape index (κ1) is 34.2. The van der Waals surface area contributed by atoms with Crippen LogP contribution in [0.25, 0.3) is 0 Å². The molecule has 244 valence electrons. The summed E-state index contributed by atoms with van der Waals surface area (Å²) < 4.78 is 18.8. The van der Waals surface area contributed by atoms with Crippen molar-refractivity contribution in [3.8, 4) is 0 Å². The molecule has 2 aliphatic heterocycles. The first-order valence-corrected chi connectivity index (χ1v) is 16.3. The van der Waals surface area contributed by atoms with Crippen molar-refractivity contribution >= 4 is 23.3 Å². The third-order valence-corrected chi connectivity index (χ3v) is 11.4. The van der Waals surface area contributed by atoms with Gasteiger partial charge in [-0.25, -0.2) is 0 Å². The number of ether oxygens (including phenoxy) is 3. The summed E-state index contributed by atoms with van der Waals surface area (Å²) in [5.41, 5.74) is -1.33. The van der Waals surface area contributed by atoms with Crippen LogP contribution in [-0.2, 0) is 33.4 Å². The quantitative estimate of drug-likeness (QED) is 0.374. The van der Waals surface area contributed by atoms with Gasteiger partial charge in [0.2, 0.25) is 0 Å². The van der Waals surface area contributed by atoms with Gasteiger partial charge in [0.1, 0.15) is 29.7 Å². The van der Waals surface area contributed by atoms with E-state index in [-0.39, 0.29) is 59.1 Å². The molecule has 9 heteroatoms. The molecule has 0 aromatic carbocycles. The first-order chi connectivity index (χ1) is 19.8. The molecule has 2 heterocycles. The molecule has 0 spiro atoms. The van der Waals surface area contributed by atoms with Crippen LogP contribution in [0.5, 0.6) is 0 Å². The lowest BCUT2D eigenvalue weighted by Crippen LogP contribution is -2.57. The van der Waals surface area contributed by atoms with Gasteiger partial charge in [0.15, 0.2) is 12.1 Å². The number of Topliss-reactive ketones (excluding diaryl/α,β-unsaturated/α-hetero) is 3. The molecule has 0 bridgehead atoms. The number of nitrogens with zero attached hydrogens (tertiary/aromatic N) is 1. The maximum absolute atomic E-state index is 14.2. The number of cyclic esters (lactones) is 1. The predicted octanol–water partition coefficient (Wildman–Crippen LogP) is 4.07. The van der Waals surface area contributed by atoms with Gasteiger partial charge < -0.3 is 24.2 Å². The second-order valence-corrected chi connectivity index (χ2v) is 15.6. The minimum Gasteiger partial charge on any atom is -0.461 e. The van der Waals surface area contributed by atoms with Crippen molar-refractivity contribution in [2.75, 3.05) is 14.1 Å². The molecule has 0 amide bonds. The fraction of sp³-hybridized carbons (Fsp3) is 0.882. The molecule has 1 N–H and O–H groups in total. The van der Waals surface area contributed by atoms with Crippen molar-refractivity contribution in [1.82, 2.24) is 4.90 Å². The van der Waals surface area contributed by atoms with E-state index >= 15 is 0 Å². The second-order valence-electron chi connectivity index (χ2n) is 15.6. The molecule has 4 fully saturated rings. The van der Waals surface area contributed by atoms with Gasteiger partial charge in [-0.1, -0.05) is 48.5 Å². The summed E-state index contributed by atoms with van der Waals surface area (Å²) in [6.07, 6.45) is -1.29. The maximum atomic E-state index is 14.2. The monoisotopic (exact) mass is 605 g/mol. The molecule has 4 aliphatic rings. The number of carbonyl (C=O) groups is 4. The number of hydrogen-bond acceptors (Lipinski definition) is 9. The molecule has 2 aliphatic carbocycles. The van der Waals surface area contributed by atoms with Crippen molar-refractivity contribution < 1.29 is 38.5 Å². The van der Waals surface area contributed by atoms with Gasteiger partial charge in [-0.2, -0.15) is 0 Å². The van der Waals surface area contributed by atoms with Gasteiger partial charge in [-0.15, -0.1) is 0 Å². The normalized spacial score (nSPS) is 45.3. The van der Waals surface area contributed by atoms with Crippen LogP contribution >= 0.6 is 0 Å². The number of rotatable bonds is 4. The topological polar surface area (TPSA) is 119 Å². The highest BCUT2D eigenvalue weighted by Crippen LogP contribution is 2.62. The van der Waals surface area contributed by atoms with Crippen molar-refractivity contribution in [2.24, 2.45) is 52.3 Å².